The highest BCUT2D eigenvalue weighted by molar-refractivity contribution is 6.50. The maximum absolute atomic E-state index is 14.2. The second kappa shape index (κ2) is 6.72. The molecule has 0 spiro atoms. The number of rotatable bonds is 3. The first-order valence-corrected chi connectivity index (χ1v) is 7.68. The lowest BCUT2D eigenvalue weighted by Crippen LogP contribution is -2.12. The molecule has 0 aliphatic carbocycles. The van der Waals surface area contributed by atoms with Crippen LogP contribution in [0.1, 0.15) is 18.5 Å². The fourth-order valence-corrected chi connectivity index (χ4v) is 2.99. The summed E-state index contributed by atoms with van der Waals surface area (Å²) in [5.41, 5.74) is 1.48. The molecule has 1 N–H and O–H groups in total. The quantitative estimate of drug-likeness (QED) is 0.620. The van der Waals surface area contributed by atoms with Crippen molar-refractivity contribution >= 4 is 46.4 Å². The monoisotopic (exact) mass is 365 g/mol. The van der Waals surface area contributed by atoms with Gasteiger partial charge in [0.25, 0.3) is 0 Å². The predicted molar refractivity (Wildman–Crippen MR) is 89.4 cm³/mol. The van der Waals surface area contributed by atoms with E-state index >= 15 is 0 Å². The van der Waals surface area contributed by atoms with Gasteiger partial charge in [-0.3, -0.25) is 0 Å². The van der Waals surface area contributed by atoms with E-state index in [9.17, 15) is 4.39 Å². The predicted octanol–water partition coefficient (Wildman–Crippen LogP) is 6.39. The lowest BCUT2D eigenvalue weighted by Gasteiger charge is -2.15. The van der Waals surface area contributed by atoms with Gasteiger partial charge >= 0.3 is 0 Å². The Morgan fingerprint density at radius 1 is 1.00 bits per heavy atom. The molecule has 0 saturated carbocycles. The van der Waals surface area contributed by atoms with E-state index in [0.717, 1.165) is 5.56 Å². The highest BCUT2D eigenvalue weighted by Gasteiger charge is 2.19. The minimum Gasteiger partial charge on any atom is -0.313 e. The molecule has 0 heterocycles. The van der Waals surface area contributed by atoms with Gasteiger partial charge in [-0.1, -0.05) is 52.5 Å². The van der Waals surface area contributed by atoms with Crippen molar-refractivity contribution in [2.24, 2.45) is 0 Å². The van der Waals surface area contributed by atoms with E-state index in [1.165, 1.54) is 12.1 Å². The largest absolute Gasteiger partial charge is 0.313 e. The van der Waals surface area contributed by atoms with E-state index in [1.54, 1.807) is 12.1 Å². The smallest absolute Gasteiger partial charge is 0.131 e. The van der Waals surface area contributed by atoms with E-state index in [4.69, 9.17) is 46.4 Å². The molecular weight excluding hydrogens is 355 g/mol. The molecule has 0 aliphatic rings. The van der Waals surface area contributed by atoms with E-state index in [-0.39, 0.29) is 31.7 Å². The van der Waals surface area contributed by atoms with Gasteiger partial charge in [0.1, 0.15) is 5.82 Å². The van der Waals surface area contributed by atoms with E-state index in [2.05, 4.69) is 5.32 Å². The van der Waals surface area contributed by atoms with Crippen LogP contribution in [0.25, 0.3) is 11.1 Å². The summed E-state index contributed by atoms with van der Waals surface area (Å²) in [6, 6.07) is 6.26. The number of hydrogen-bond acceptors (Lipinski definition) is 1. The summed E-state index contributed by atoms with van der Waals surface area (Å²) in [7, 11) is 1.82. The van der Waals surface area contributed by atoms with Crippen LogP contribution in [0.3, 0.4) is 0 Å². The number of halogens is 5. The first kappa shape index (κ1) is 16.9. The zero-order valence-electron chi connectivity index (χ0n) is 11.3. The molecule has 112 valence electrons. The summed E-state index contributed by atoms with van der Waals surface area (Å²) in [5.74, 6) is -0.441. The Morgan fingerprint density at radius 2 is 1.57 bits per heavy atom. The molecule has 0 radical (unpaired) electrons. The third-order valence-electron chi connectivity index (χ3n) is 3.30. The Kier molecular flexibility index (Phi) is 5.39. The summed E-state index contributed by atoms with van der Waals surface area (Å²) in [6.07, 6.45) is 0. The van der Waals surface area contributed by atoms with Crippen LogP contribution in [-0.2, 0) is 0 Å². The van der Waals surface area contributed by atoms with E-state index < -0.39 is 5.82 Å². The average molecular weight is 367 g/mol. The van der Waals surface area contributed by atoms with Gasteiger partial charge in [-0.15, -0.1) is 0 Å². The SMILES string of the molecule is CNC(C)c1ccc(F)c(-c2c(Cl)c(Cl)cc(Cl)c2Cl)c1. The van der Waals surface area contributed by atoms with Crippen molar-refractivity contribution in [2.45, 2.75) is 13.0 Å². The van der Waals surface area contributed by atoms with Crippen molar-refractivity contribution in [3.05, 3.63) is 55.7 Å². The van der Waals surface area contributed by atoms with Gasteiger partial charge in [0.15, 0.2) is 0 Å². The van der Waals surface area contributed by atoms with Crippen LogP contribution >= 0.6 is 46.4 Å². The fourth-order valence-electron chi connectivity index (χ4n) is 1.98. The van der Waals surface area contributed by atoms with Crippen LogP contribution in [0.5, 0.6) is 0 Å². The molecule has 0 fully saturated rings. The Hall–Kier alpha value is -0.510. The lowest BCUT2D eigenvalue weighted by atomic mass is 9.99. The standard InChI is InChI=1S/C15H12Cl4FN/c1-7(21-2)8-3-4-12(20)9(5-8)13-14(18)10(16)6-11(17)15(13)19/h3-7,21H,1-2H3. The summed E-state index contributed by atoms with van der Waals surface area (Å²) < 4.78 is 14.2. The van der Waals surface area contributed by atoms with Crippen LogP contribution in [0.4, 0.5) is 4.39 Å². The maximum Gasteiger partial charge on any atom is 0.131 e. The Bertz CT molecular complexity index is 662. The van der Waals surface area contributed by atoms with Crippen molar-refractivity contribution in [2.75, 3.05) is 7.05 Å². The fraction of sp³-hybridized carbons (Fsp3) is 0.200. The van der Waals surface area contributed by atoms with Gasteiger partial charge in [-0.2, -0.15) is 0 Å². The van der Waals surface area contributed by atoms with Gasteiger partial charge < -0.3 is 5.32 Å². The van der Waals surface area contributed by atoms with E-state index in [0.29, 0.717) is 5.56 Å². The minimum absolute atomic E-state index is 0.0524. The molecule has 6 heteroatoms. The summed E-state index contributed by atoms with van der Waals surface area (Å²) in [4.78, 5) is 0. The third-order valence-corrected chi connectivity index (χ3v) is 4.88. The Balaban J connectivity index is 2.72. The zero-order chi connectivity index (χ0) is 15.7. The summed E-state index contributed by atoms with van der Waals surface area (Å²) in [6.45, 7) is 1.96. The van der Waals surface area contributed by atoms with Crippen molar-refractivity contribution in [3.63, 3.8) is 0 Å². The molecule has 0 aromatic heterocycles. The maximum atomic E-state index is 14.2. The first-order chi connectivity index (χ1) is 9.86. The molecule has 0 aliphatic heterocycles. The minimum atomic E-state index is -0.441. The molecule has 2 aromatic carbocycles. The number of benzene rings is 2. The summed E-state index contributed by atoms with van der Waals surface area (Å²) >= 11 is 24.4. The second-order valence-corrected chi connectivity index (χ2v) is 6.16. The van der Waals surface area contributed by atoms with Gasteiger partial charge in [0, 0.05) is 17.2 Å². The van der Waals surface area contributed by atoms with Crippen LogP contribution in [0.15, 0.2) is 24.3 Å². The topological polar surface area (TPSA) is 12.0 Å². The van der Waals surface area contributed by atoms with Crippen molar-refractivity contribution in [1.82, 2.24) is 5.32 Å². The zero-order valence-corrected chi connectivity index (χ0v) is 14.3. The molecule has 0 bridgehead atoms. The van der Waals surface area contributed by atoms with E-state index in [1.807, 2.05) is 14.0 Å². The molecule has 1 unspecified atom stereocenters. The normalized spacial score (nSPS) is 12.5. The van der Waals surface area contributed by atoms with Crippen LogP contribution < -0.4 is 5.32 Å². The van der Waals surface area contributed by atoms with Crippen LogP contribution in [0.2, 0.25) is 20.1 Å². The Morgan fingerprint density at radius 3 is 2.10 bits per heavy atom. The third kappa shape index (κ3) is 3.30. The molecule has 1 nitrogen and oxygen atoms in total. The van der Waals surface area contributed by atoms with Crippen molar-refractivity contribution in [3.8, 4) is 11.1 Å². The highest BCUT2D eigenvalue weighted by Crippen LogP contribution is 2.44. The van der Waals surface area contributed by atoms with Gasteiger partial charge in [-0.25, -0.2) is 4.39 Å². The molecule has 2 rings (SSSR count). The second-order valence-electron chi connectivity index (χ2n) is 4.59. The van der Waals surface area contributed by atoms with Crippen molar-refractivity contribution < 1.29 is 4.39 Å². The molecule has 0 amide bonds. The van der Waals surface area contributed by atoms with Gasteiger partial charge in [0.05, 0.1) is 20.1 Å². The Labute approximate surface area is 143 Å². The number of nitrogens with one attached hydrogen (secondary N) is 1. The van der Waals surface area contributed by atoms with Gasteiger partial charge in [0.2, 0.25) is 0 Å². The van der Waals surface area contributed by atoms with Crippen LogP contribution in [0, 0.1) is 5.82 Å². The highest BCUT2D eigenvalue weighted by atomic mass is 35.5. The van der Waals surface area contributed by atoms with Gasteiger partial charge in [-0.05, 0) is 37.7 Å². The first-order valence-electron chi connectivity index (χ1n) is 6.16. The average Bonchev–Trinajstić information content (AvgIpc) is 2.46. The van der Waals surface area contributed by atoms with Crippen molar-refractivity contribution in [1.29, 1.82) is 0 Å². The molecule has 1 atom stereocenters. The number of hydrogen-bond donors (Lipinski definition) is 1. The molecular formula is C15H12Cl4FN. The molecule has 0 saturated heterocycles. The van der Waals surface area contributed by atoms with Crippen LogP contribution in [-0.4, -0.2) is 7.05 Å². The lowest BCUT2D eigenvalue weighted by molar-refractivity contribution is 0.622. The molecule has 2 aromatic rings. The summed E-state index contributed by atoms with van der Waals surface area (Å²) in [5, 5.41) is 3.91. The molecule has 21 heavy (non-hydrogen) atoms.